The van der Waals surface area contributed by atoms with Crippen LogP contribution < -0.4 is 4.74 Å². The monoisotopic (exact) mass is 223 g/mol. The minimum Gasteiger partial charge on any atom is -0.497 e. The smallest absolute Gasteiger partial charge is 0.118 e. The molecule has 80 valence electrons. The van der Waals surface area contributed by atoms with Crippen molar-refractivity contribution in [3.8, 4) is 5.75 Å². The largest absolute Gasteiger partial charge is 0.497 e. The standard InChI is InChI=1S/C10H13N3OS/c1-14-9-3-5-10(6-4-9)15-8-2-7-12-13-11/h3-6H,2,7-8H2,1H3. The molecule has 0 N–H and O–H groups in total. The summed E-state index contributed by atoms with van der Waals surface area (Å²) < 4.78 is 5.06. The van der Waals surface area contributed by atoms with E-state index in [2.05, 4.69) is 10.0 Å². The van der Waals surface area contributed by atoms with Crippen LogP contribution in [0.2, 0.25) is 0 Å². The number of thioether (sulfide) groups is 1. The average Bonchev–Trinajstić information content (AvgIpc) is 2.30. The fourth-order valence-electron chi connectivity index (χ4n) is 1.04. The zero-order valence-corrected chi connectivity index (χ0v) is 9.41. The SMILES string of the molecule is COc1ccc(SCCCN=[N+]=[N-])cc1. The van der Waals surface area contributed by atoms with Crippen molar-refractivity contribution in [2.45, 2.75) is 11.3 Å². The van der Waals surface area contributed by atoms with E-state index in [1.165, 1.54) is 4.90 Å². The minimum atomic E-state index is 0.569. The molecule has 0 aliphatic carbocycles. The van der Waals surface area contributed by atoms with Crippen molar-refractivity contribution >= 4 is 11.8 Å². The highest BCUT2D eigenvalue weighted by molar-refractivity contribution is 7.99. The van der Waals surface area contributed by atoms with Crippen molar-refractivity contribution in [1.29, 1.82) is 0 Å². The first kappa shape index (κ1) is 11.8. The summed E-state index contributed by atoms with van der Waals surface area (Å²) in [5, 5.41) is 3.48. The van der Waals surface area contributed by atoms with Crippen molar-refractivity contribution in [1.82, 2.24) is 0 Å². The highest BCUT2D eigenvalue weighted by Crippen LogP contribution is 2.21. The van der Waals surface area contributed by atoms with Gasteiger partial charge in [0.2, 0.25) is 0 Å². The lowest BCUT2D eigenvalue weighted by Gasteiger charge is -2.02. The second-order valence-corrected chi connectivity index (χ2v) is 4.00. The molecule has 0 saturated carbocycles. The van der Waals surface area contributed by atoms with E-state index >= 15 is 0 Å². The number of nitrogens with zero attached hydrogens (tertiary/aromatic N) is 3. The molecule has 0 bridgehead atoms. The molecule has 0 aromatic heterocycles. The van der Waals surface area contributed by atoms with Crippen LogP contribution in [-0.2, 0) is 0 Å². The maximum atomic E-state index is 8.08. The molecule has 1 rings (SSSR count). The van der Waals surface area contributed by atoms with Gasteiger partial charge in [0.05, 0.1) is 7.11 Å². The first-order valence-electron chi connectivity index (χ1n) is 4.64. The second-order valence-electron chi connectivity index (χ2n) is 2.83. The normalized spacial score (nSPS) is 9.40. The van der Waals surface area contributed by atoms with Crippen LogP contribution in [0.5, 0.6) is 5.75 Å². The van der Waals surface area contributed by atoms with Gasteiger partial charge in [-0.2, -0.15) is 0 Å². The predicted octanol–water partition coefficient (Wildman–Crippen LogP) is 3.49. The molecular formula is C10H13N3OS. The first-order valence-corrected chi connectivity index (χ1v) is 5.63. The Morgan fingerprint density at radius 1 is 1.40 bits per heavy atom. The molecule has 0 aliphatic rings. The van der Waals surface area contributed by atoms with Gasteiger partial charge in [0.25, 0.3) is 0 Å². The van der Waals surface area contributed by atoms with Gasteiger partial charge in [-0.1, -0.05) is 5.11 Å². The van der Waals surface area contributed by atoms with Crippen molar-refractivity contribution in [2.24, 2.45) is 5.11 Å². The lowest BCUT2D eigenvalue weighted by molar-refractivity contribution is 0.414. The Morgan fingerprint density at radius 2 is 2.13 bits per heavy atom. The van der Waals surface area contributed by atoms with E-state index in [1.807, 2.05) is 24.3 Å². The Labute approximate surface area is 93.3 Å². The number of hydrogen-bond donors (Lipinski definition) is 0. The van der Waals surface area contributed by atoms with Gasteiger partial charge in [0, 0.05) is 16.4 Å². The summed E-state index contributed by atoms with van der Waals surface area (Å²) in [6.45, 7) is 0.569. The fourth-order valence-corrected chi connectivity index (χ4v) is 1.88. The van der Waals surface area contributed by atoms with Crippen molar-refractivity contribution in [2.75, 3.05) is 19.4 Å². The number of hydrogen-bond acceptors (Lipinski definition) is 3. The number of benzene rings is 1. The maximum absolute atomic E-state index is 8.08. The number of methoxy groups -OCH3 is 1. The Morgan fingerprint density at radius 3 is 2.73 bits per heavy atom. The van der Waals surface area contributed by atoms with E-state index in [1.54, 1.807) is 18.9 Å². The third-order valence-corrected chi connectivity index (χ3v) is 2.89. The molecule has 0 saturated heterocycles. The van der Waals surface area contributed by atoms with Crippen LogP contribution in [0.1, 0.15) is 6.42 Å². The Balaban J connectivity index is 2.28. The van der Waals surface area contributed by atoms with E-state index < -0.39 is 0 Å². The second kappa shape index (κ2) is 7.04. The topological polar surface area (TPSA) is 58.0 Å². The molecular weight excluding hydrogens is 210 g/mol. The maximum Gasteiger partial charge on any atom is 0.118 e. The van der Waals surface area contributed by atoms with Crippen molar-refractivity contribution in [3.05, 3.63) is 34.7 Å². The van der Waals surface area contributed by atoms with Gasteiger partial charge < -0.3 is 4.74 Å². The zero-order valence-electron chi connectivity index (χ0n) is 8.59. The van der Waals surface area contributed by atoms with E-state index in [4.69, 9.17) is 10.3 Å². The van der Waals surface area contributed by atoms with Crippen LogP contribution in [0.4, 0.5) is 0 Å². The average molecular weight is 223 g/mol. The Hall–Kier alpha value is -1.32. The van der Waals surface area contributed by atoms with Gasteiger partial charge >= 0.3 is 0 Å². The summed E-state index contributed by atoms with van der Waals surface area (Å²) in [6, 6.07) is 7.93. The molecule has 1 aromatic carbocycles. The highest BCUT2D eigenvalue weighted by Gasteiger charge is 1.94. The summed E-state index contributed by atoms with van der Waals surface area (Å²) >= 11 is 1.75. The van der Waals surface area contributed by atoms with Gasteiger partial charge in [0.1, 0.15) is 5.75 Å². The summed E-state index contributed by atoms with van der Waals surface area (Å²) in [4.78, 5) is 3.91. The zero-order chi connectivity index (χ0) is 10.9. The van der Waals surface area contributed by atoms with Crippen LogP contribution in [0.15, 0.2) is 34.3 Å². The Kier molecular flexibility index (Phi) is 5.51. The molecule has 0 fully saturated rings. The number of azide groups is 1. The molecule has 0 spiro atoms. The minimum absolute atomic E-state index is 0.569. The van der Waals surface area contributed by atoms with Gasteiger partial charge in [0.15, 0.2) is 0 Å². The molecule has 0 radical (unpaired) electrons. The van der Waals surface area contributed by atoms with Gasteiger partial charge in [-0.3, -0.25) is 0 Å². The molecule has 0 unspecified atom stereocenters. The summed E-state index contributed by atoms with van der Waals surface area (Å²) in [7, 11) is 1.65. The van der Waals surface area contributed by atoms with E-state index in [-0.39, 0.29) is 0 Å². The summed E-state index contributed by atoms with van der Waals surface area (Å²) in [6.07, 6.45) is 0.904. The van der Waals surface area contributed by atoms with Crippen LogP contribution >= 0.6 is 11.8 Å². The number of ether oxygens (including phenoxy) is 1. The number of rotatable bonds is 6. The predicted molar refractivity (Wildman–Crippen MR) is 62.3 cm³/mol. The van der Waals surface area contributed by atoms with Crippen molar-refractivity contribution in [3.63, 3.8) is 0 Å². The van der Waals surface area contributed by atoms with E-state index in [0.717, 1.165) is 17.9 Å². The third-order valence-electron chi connectivity index (χ3n) is 1.79. The fraction of sp³-hybridized carbons (Fsp3) is 0.400. The molecule has 5 heteroatoms. The molecule has 0 aliphatic heterocycles. The van der Waals surface area contributed by atoms with Crippen LogP contribution in [0.3, 0.4) is 0 Å². The molecule has 0 amide bonds. The summed E-state index contributed by atoms with van der Waals surface area (Å²) in [5.74, 6) is 1.83. The van der Waals surface area contributed by atoms with Gasteiger partial charge in [-0.25, -0.2) is 0 Å². The van der Waals surface area contributed by atoms with E-state index in [9.17, 15) is 0 Å². The molecule has 4 nitrogen and oxygen atoms in total. The quantitative estimate of drug-likeness (QED) is 0.244. The van der Waals surface area contributed by atoms with Crippen molar-refractivity contribution < 1.29 is 4.74 Å². The molecule has 1 aromatic rings. The lowest BCUT2D eigenvalue weighted by Crippen LogP contribution is -1.84. The first-order chi connectivity index (χ1) is 7.36. The van der Waals surface area contributed by atoms with E-state index in [0.29, 0.717) is 6.54 Å². The van der Waals surface area contributed by atoms with Crippen LogP contribution in [0.25, 0.3) is 10.4 Å². The highest BCUT2D eigenvalue weighted by atomic mass is 32.2. The molecule has 0 heterocycles. The summed E-state index contributed by atoms with van der Waals surface area (Å²) in [5.41, 5.74) is 8.08. The molecule has 15 heavy (non-hydrogen) atoms. The van der Waals surface area contributed by atoms with Gasteiger partial charge in [-0.05, 0) is 42.0 Å². The van der Waals surface area contributed by atoms with Crippen LogP contribution in [0, 0.1) is 0 Å². The van der Waals surface area contributed by atoms with Gasteiger partial charge in [-0.15, -0.1) is 11.8 Å². The third kappa shape index (κ3) is 4.63. The molecule has 0 atom stereocenters. The lowest BCUT2D eigenvalue weighted by atomic mass is 10.3. The Bertz CT molecular complexity index is 333. The van der Waals surface area contributed by atoms with Crippen LogP contribution in [-0.4, -0.2) is 19.4 Å².